The van der Waals surface area contributed by atoms with Crippen LogP contribution in [0.2, 0.25) is 0 Å². The average Bonchev–Trinajstić information content (AvgIpc) is 2.12. The summed E-state index contributed by atoms with van der Waals surface area (Å²) < 4.78 is 97.9. The summed E-state index contributed by atoms with van der Waals surface area (Å²) in [5, 5.41) is -1.97. The molecular formula is C7HF7O2P+. The molecule has 1 rings (SSSR count). The Hall–Kier alpha value is -1.21. The molecule has 1 unspecified atom stereocenters. The summed E-state index contributed by atoms with van der Waals surface area (Å²) >= 11 is 0. The van der Waals surface area contributed by atoms with Crippen LogP contribution in [0.25, 0.3) is 0 Å². The van der Waals surface area contributed by atoms with Crippen molar-refractivity contribution in [3.8, 4) is 0 Å². The maximum absolute atomic E-state index is 12.9. The van der Waals surface area contributed by atoms with Crippen molar-refractivity contribution in [2.24, 2.45) is 0 Å². The van der Waals surface area contributed by atoms with E-state index in [1.807, 2.05) is 0 Å². The van der Waals surface area contributed by atoms with Gasteiger partial charge in [0.2, 0.25) is 11.6 Å². The van der Waals surface area contributed by atoms with E-state index in [1.54, 1.807) is 0 Å². The number of hydrogen-bond acceptors (Lipinski definition) is 1. The maximum Gasteiger partial charge on any atom is 0.552 e. The summed E-state index contributed by atoms with van der Waals surface area (Å²) in [6.07, 6.45) is -5.67. The van der Waals surface area contributed by atoms with Gasteiger partial charge in [0.15, 0.2) is 11.6 Å². The molecule has 0 saturated heterocycles. The highest BCUT2D eigenvalue weighted by atomic mass is 31.1. The normalized spacial score (nSPS) is 12.8. The maximum atomic E-state index is 12.9. The lowest BCUT2D eigenvalue weighted by molar-refractivity contribution is -0.143. The average molecular weight is 281 g/mol. The van der Waals surface area contributed by atoms with Crippen molar-refractivity contribution in [3.63, 3.8) is 0 Å². The Bertz CT molecular complexity index is 467. The topological polar surface area (TPSA) is 37.3 Å². The van der Waals surface area contributed by atoms with Crippen LogP contribution in [0, 0.1) is 23.3 Å². The van der Waals surface area contributed by atoms with Gasteiger partial charge >= 0.3 is 19.5 Å². The summed E-state index contributed by atoms with van der Waals surface area (Å²) in [6.45, 7) is 0. The first-order valence-electron chi connectivity index (χ1n) is 3.68. The molecule has 0 spiro atoms. The van der Waals surface area contributed by atoms with Crippen LogP contribution < -0.4 is 5.30 Å². The Morgan fingerprint density at radius 3 is 1.47 bits per heavy atom. The molecular weight excluding hydrogens is 280 g/mol. The first-order chi connectivity index (χ1) is 7.59. The molecule has 17 heavy (non-hydrogen) atoms. The molecule has 0 aliphatic heterocycles. The van der Waals surface area contributed by atoms with Crippen LogP contribution in [0.1, 0.15) is 5.56 Å². The second-order valence-electron chi connectivity index (χ2n) is 2.75. The molecule has 0 radical (unpaired) electrons. The highest BCUT2D eigenvalue weighted by Crippen LogP contribution is 2.36. The number of halogens is 7. The second-order valence-corrected chi connectivity index (χ2v) is 3.74. The van der Waals surface area contributed by atoms with Crippen LogP contribution in [0.3, 0.4) is 0 Å². The molecule has 0 aliphatic rings. The van der Waals surface area contributed by atoms with Gasteiger partial charge in [-0.05, 0) is 4.57 Å². The molecule has 0 saturated carbocycles. The van der Waals surface area contributed by atoms with Crippen LogP contribution in [0.5, 0.6) is 0 Å². The minimum absolute atomic E-state index is 1.97. The van der Waals surface area contributed by atoms with Crippen molar-refractivity contribution in [2.45, 2.75) is 6.18 Å². The van der Waals surface area contributed by atoms with Crippen molar-refractivity contribution in [1.82, 2.24) is 0 Å². The van der Waals surface area contributed by atoms with Crippen LogP contribution >= 0.6 is 8.03 Å². The Kier molecular flexibility index (Phi) is 3.45. The van der Waals surface area contributed by atoms with Crippen molar-refractivity contribution in [1.29, 1.82) is 0 Å². The van der Waals surface area contributed by atoms with Gasteiger partial charge in [0.25, 0.3) is 0 Å². The number of rotatable bonds is 1. The monoisotopic (exact) mass is 281 g/mol. The predicted molar refractivity (Wildman–Crippen MR) is 40.7 cm³/mol. The van der Waals surface area contributed by atoms with E-state index in [2.05, 4.69) is 0 Å². The zero-order valence-electron chi connectivity index (χ0n) is 7.45. The zero-order chi connectivity index (χ0) is 13.5. The zero-order valence-corrected chi connectivity index (χ0v) is 8.34. The van der Waals surface area contributed by atoms with Crippen molar-refractivity contribution in [3.05, 3.63) is 28.8 Å². The predicted octanol–water partition coefficient (Wildman–Crippen LogP) is 2.62. The number of alkyl halides is 3. The highest BCUT2D eigenvalue weighted by Gasteiger charge is 2.46. The minimum Gasteiger partial charge on any atom is -0.203 e. The van der Waals surface area contributed by atoms with Gasteiger partial charge in [-0.2, -0.15) is 26.8 Å². The summed E-state index contributed by atoms with van der Waals surface area (Å²) in [6, 6.07) is 0. The molecule has 1 N–H and O–H groups in total. The number of benzene rings is 1. The highest BCUT2D eigenvalue weighted by molar-refractivity contribution is 7.47. The van der Waals surface area contributed by atoms with Gasteiger partial charge in [-0.15, -0.1) is 0 Å². The third-order valence-electron chi connectivity index (χ3n) is 1.71. The second kappa shape index (κ2) is 4.23. The van der Waals surface area contributed by atoms with E-state index in [4.69, 9.17) is 4.89 Å². The lowest BCUT2D eigenvalue weighted by Gasteiger charge is -2.09. The third kappa shape index (κ3) is 2.25. The van der Waals surface area contributed by atoms with Gasteiger partial charge in [-0.3, -0.25) is 0 Å². The molecule has 1 aromatic rings. The fraction of sp³-hybridized carbons (Fsp3) is 0.143. The first kappa shape index (κ1) is 13.9. The van der Waals surface area contributed by atoms with Gasteiger partial charge in [0, 0.05) is 0 Å². The van der Waals surface area contributed by atoms with Gasteiger partial charge in [0.1, 0.15) is 5.56 Å². The van der Waals surface area contributed by atoms with E-state index < -0.39 is 48.3 Å². The molecule has 1 atom stereocenters. The molecule has 1 aromatic carbocycles. The summed E-state index contributed by atoms with van der Waals surface area (Å²) in [5.74, 6) is -10.6. The molecule has 94 valence electrons. The largest absolute Gasteiger partial charge is 0.552 e. The lowest BCUT2D eigenvalue weighted by Crippen LogP contribution is -2.22. The lowest BCUT2D eigenvalue weighted by atomic mass is 10.1. The summed E-state index contributed by atoms with van der Waals surface area (Å²) in [7, 11) is -3.87. The Morgan fingerprint density at radius 2 is 1.24 bits per heavy atom. The van der Waals surface area contributed by atoms with E-state index in [-0.39, 0.29) is 0 Å². The summed E-state index contributed by atoms with van der Waals surface area (Å²) in [4.78, 5) is 8.34. The van der Waals surface area contributed by atoms with Crippen molar-refractivity contribution in [2.75, 3.05) is 0 Å². The molecule has 0 aliphatic carbocycles. The van der Waals surface area contributed by atoms with Crippen LogP contribution in [-0.4, -0.2) is 4.89 Å². The summed E-state index contributed by atoms with van der Waals surface area (Å²) in [5.41, 5.74) is -2.78. The molecule has 10 heteroatoms. The third-order valence-corrected chi connectivity index (χ3v) is 2.49. The smallest absolute Gasteiger partial charge is 0.203 e. The van der Waals surface area contributed by atoms with Gasteiger partial charge in [0.05, 0.1) is 0 Å². The SMILES string of the molecule is O=[P+](O)c1c(F)c(F)c(C(F)(F)F)c(F)c1F. The Morgan fingerprint density at radius 1 is 0.882 bits per heavy atom. The van der Waals surface area contributed by atoms with E-state index in [0.717, 1.165) is 0 Å². The molecule has 0 aromatic heterocycles. The molecule has 2 nitrogen and oxygen atoms in total. The standard InChI is InChI=1S/C7F7O2P/c8-2-1(7(12,13)14)3(9)5(11)6(4(2)10)17(15)16/p+1. The molecule has 0 fully saturated rings. The quantitative estimate of drug-likeness (QED) is 0.488. The van der Waals surface area contributed by atoms with Gasteiger partial charge in [-0.25, -0.2) is 8.78 Å². The van der Waals surface area contributed by atoms with E-state index in [9.17, 15) is 35.3 Å². The first-order valence-corrected chi connectivity index (χ1v) is 4.89. The fourth-order valence-electron chi connectivity index (χ4n) is 1.04. The number of hydrogen-bond donors (Lipinski definition) is 1. The Balaban J connectivity index is 3.77. The minimum atomic E-state index is -5.67. The van der Waals surface area contributed by atoms with Gasteiger partial charge < -0.3 is 0 Å². The van der Waals surface area contributed by atoms with Crippen LogP contribution in [-0.2, 0) is 10.7 Å². The fourth-order valence-corrected chi connectivity index (χ4v) is 1.57. The van der Waals surface area contributed by atoms with E-state index >= 15 is 0 Å². The van der Waals surface area contributed by atoms with Crippen molar-refractivity contribution >= 4 is 13.3 Å². The van der Waals surface area contributed by atoms with Crippen LogP contribution in [0.4, 0.5) is 30.7 Å². The van der Waals surface area contributed by atoms with Crippen molar-refractivity contribution < 1.29 is 40.2 Å². The molecule has 0 bridgehead atoms. The van der Waals surface area contributed by atoms with E-state index in [0.29, 0.717) is 0 Å². The molecule has 0 amide bonds. The van der Waals surface area contributed by atoms with Gasteiger partial charge in [-0.1, -0.05) is 0 Å². The van der Waals surface area contributed by atoms with Crippen LogP contribution in [0.15, 0.2) is 0 Å². The Labute approximate surface area is 89.5 Å². The molecule has 0 heterocycles. The van der Waals surface area contributed by atoms with E-state index in [1.165, 1.54) is 0 Å².